The maximum Gasteiger partial charge on any atom is 0.175 e. The van der Waals surface area contributed by atoms with Crippen molar-refractivity contribution in [1.29, 1.82) is 0 Å². The van der Waals surface area contributed by atoms with Gasteiger partial charge in [0, 0.05) is 6.42 Å². The van der Waals surface area contributed by atoms with E-state index >= 15 is 0 Å². The summed E-state index contributed by atoms with van der Waals surface area (Å²) in [6, 6.07) is 3.61. The van der Waals surface area contributed by atoms with Crippen LogP contribution in [0.25, 0.3) is 0 Å². The van der Waals surface area contributed by atoms with E-state index in [1.807, 2.05) is 12.3 Å². The van der Waals surface area contributed by atoms with Crippen molar-refractivity contribution in [3.63, 3.8) is 0 Å². The second-order valence-corrected chi connectivity index (χ2v) is 4.19. The summed E-state index contributed by atoms with van der Waals surface area (Å²) in [4.78, 5) is 12.8. The molecule has 0 amide bonds. The highest BCUT2D eigenvalue weighted by atomic mass is 32.2. The van der Waals surface area contributed by atoms with Gasteiger partial charge >= 0.3 is 0 Å². The second-order valence-electron chi connectivity index (χ2n) is 3.34. The first-order valence-corrected chi connectivity index (χ1v) is 6.44. The highest BCUT2D eigenvalue weighted by Gasteiger charge is 2.18. The topological polar surface area (TPSA) is 61.5 Å². The van der Waals surface area contributed by atoms with E-state index in [1.54, 1.807) is 24.9 Å². The van der Waals surface area contributed by atoms with Gasteiger partial charge in [-0.15, -0.1) is 11.8 Å². The molecule has 2 N–H and O–H groups in total. The molecule has 0 bridgehead atoms. The lowest BCUT2D eigenvalue weighted by atomic mass is 10.1. The van der Waals surface area contributed by atoms with Gasteiger partial charge in [-0.3, -0.25) is 4.79 Å². The van der Waals surface area contributed by atoms with Crippen molar-refractivity contribution in [3.05, 3.63) is 17.7 Å². The third-order valence-corrected chi connectivity index (χ3v) is 3.14. The summed E-state index contributed by atoms with van der Waals surface area (Å²) in [7, 11) is 3.09. The van der Waals surface area contributed by atoms with Gasteiger partial charge in [0.25, 0.3) is 0 Å². The summed E-state index contributed by atoms with van der Waals surface area (Å²) >= 11 is 1.54. The number of ether oxygens (including phenoxy) is 2. The first kappa shape index (κ1) is 13.9. The maximum atomic E-state index is 11.9. The number of methoxy groups -OCH3 is 2. The first-order chi connectivity index (χ1) is 8.19. The minimum absolute atomic E-state index is 0.0321. The molecule has 0 aromatic heterocycles. The van der Waals surface area contributed by atoms with Crippen LogP contribution in [0.3, 0.4) is 0 Å². The SMILES string of the molecule is COc1c(SC)ccc(C(=O)CCN)c1OC. The molecule has 0 radical (unpaired) electrons. The smallest absolute Gasteiger partial charge is 0.175 e. The van der Waals surface area contributed by atoms with E-state index in [0.29, 0.717) is 30.0 Å². The molecule has 17 heavy (non-hydrogen) atoms. The van der Waals surface area contributed by atoms with Crippen molar-refractivity contribution < 1.29 is 14.3 Å². The molecule has 0 spiro atoms. The molecule has 1 rings (SSSR count). The van der Waals surface area contributed by atoms with Crippen LogP contribution in [0.4, 0.5) is 0 Å². The van der Waals surface area contributed by atoms with Crippen LogP contribution < -0.4 is 15.2 Å². The normalized spacial score (nSPS) is 10.1. The van der Waals surface area contributed by atoms with Gasteiger partial charge in [-0.1, -0.05) is 0 Å². The molecule has 0 aliphatic heterocycles. The Labute approximate surface area is 105 Å². The molecule has 0 aliphatic rings. The van der Waals surface area contributed by atoms with E-state index in [9.17, 15) is 4.79 Å². The van der Waals surface area contributed by atoms with Crippen LogP contribution in [0, 0.1) is 0 Å². The molecule has 4 nitrogen and oxygen atoms in total. The van der Waals surface area contributed by atoms with Gasteiger partial charge in [0.2, 0.25) is 0 Å². The largest absolute Gasteiger partial charge is 0.492 e. The molecular weight excluding hydrogens is 238 g/mol. The van der Waals surface area contributed by atoms with Crippen molar-refractivity contribution in [2.45, 2.75) is 11.3 Å². The lowest BCUT2D eigenvalue weighted by Crippen LogP contribution is -2.10. The number of hydrogen-bond acceptors (Lipinski definition) is 5. The van der Waals surface area contributed by atoms with E-state index in [-0.39, 0.29) is 5.78 Å². The molecule has 0 atom stereocenters. The summed E-state index contributed by atoms with van der Waals surface area (Å²) in [6.45, 7) is 0.328. The van der Waals surface area contributed by atoms with Crippen molar-refractivity contribution in [2.75, 3.05) is 27.0 Å². The number of hydrogen-bond donors (Lipinski definition) is 1. The fraction of sp³-hybridized carbons (Fsp3) is 0.417. The number of benzene rings is 1. The lowest BCUT2D eigenvalue weighted by molar-refractivity contribution is 0.0981. The van der Waals surface area contributed by atoms with Crippen LogP contribution in [-0.4, -0.2) is 32.8 Å². The molecule has 0 saturated carbocycles. The van der Waals surface area contributed by atoms with Crippen LogP contribution >= 0.6 is 11.8 Å². The highest BCUT2D eigenvalue weighted by molar-refractivity contribution is 7.98. The van der Waals surface area contributed by atoms with Gasteiger partial charge in [0.1, 0.15) is 0 Å². The number of carbonyl (C=O) groups is 1. The standard InChI is InChI=1S/C12H17NO3S/c1-15-11-8(9(14)6-7-13)4-5-10(17-3)12(11)16-2/h4-5H,6-7,13H2,1-3H3. The van der Waals surface area contributed by atoms with Crippen molar-refractivity contribution >= 4 is 17.5 Å². The van der Waals surface area contributed by atoms with E-state index in [0.717, 1.165) is 4.90 Å². The highest BCUT2D eigenvalue weighted by Crippen LogP contribution is 2.39. The van der Waals surface area contributed by atoms with Crippen LogP contribution in [0.15, 0.2) is 17.0 Å². The van der Waals surface area contributed by atoms with Gasteiger partial charge in [0.15, 0.2) is 17.3 Å². The van der Waals surface area contributed by atoms with E-state index in [2.05, 4.69) is 0 Å². The van der Waals surface area contributed by atoms with Crippen molar-refractivity contribution in [3.8, 4) is 11.5 Å². The summed E-state index contributed by atoms with van der Waals surface area (Å²) in [5.74, 6) is 1.05. The van der Waals surface area contributed by atoms with Crippen LogP contribution in [0.5, 0.6) is 11.5 Å². The Bertz CT molecular complexity index is 407. The molecule has 0 saturated heterocycles. The minimum Gasteiger partial charge on any atom is -0.492 e. The van der Waals surface area contributed by atoms with Gasteiger partial charge in [-0.2, -0.15) is 0 Å². The molecule has 0 heterocycles. The number of Topliss-reactive ketones (excluding diaryl/α,β-unsaturated/α-hetero) is 1. The van der Waals surface area contributed by atoms with E-state index in [1.165, 1.54) is 7.11 Å². The van der Waals surface area contributed by atoms with Gasteiger partial charge < -0.3 is 15.2 Å². The van der Waals surface area contributed by atoms with E-state index in [4.69, 9.17) is 15.2 Å². The zero-order valence-electron chi connectivity index (χ0n) is 10.3. The van der Waals surface area contributed by atoms with Gasteiger partial charge in [0.05, 0.1) is 24.7 Å². The quantitative estimate of drug-likeness (QED) is 0.622. The van der Waals surface area contributed by atoms with Gasteiger partial charge in [-0.25, -0.2) is 0 Å². The number of carbonyl (C=O) groups excluding carboxylic acids is 1. The fourth-order valence-corrected chi connectivity index (χ4v) is 2.15. The molecule has 1 aromatic carbocycles. The van der Waals surface area contributed by atoms with Crippen LogP contribution in [0.1, 0.15) is 16.8 Å². The lowest BCUT2D eigenvalue weighted by Gasteiger charge is -2.14. The van der Waals surface area contributed by atoms with Crippen LogP contribution in [0.2, 0.25) is 0 Å². The third kappa shape index (κ3) is 2.92. The molecule has 0 unspecified atom stereocenters. The Balaban J connectivity index is 3.27. The molecule has 0 fully saturated rings. The zero-order chi connectivity index (χ0) is 12.8. The summed E-state index contributed by atoms with van der Waals surface area (Å²) in [5.41, 5.74) is 5.91. The Hall–Kier alpha value is -1.20. The van der Waals surface area contributed by atoms with Gasteiger partial charge in [-0.05, 0) is 24.9 Å². The predicted octanol–water partition coefficient (Wildman–Crippen LogP) is 1.96. The molecule has 0 aliphatic carbocycles. The zero-order valence-corrected chi connectivity index (χ0v) is 11.1. The number of ketones is 1. The van der Waals surface area contributed by atoms with Crippen molar-refractivity contribution in [1.82, 2.24) is 0 Å². The Morgan fingerprint density at radius 1 is 1.29 bits per heavy atom. The number of rotatable bonds is 6. The molecule has 1 aromatic rings. The predicted molar refractivity (Wildman–Crippen MR) is 69.3 cm³/mol. The number of nitrogens with two attached hydrogens (primary N) is 1. The Kier molecular flexibility index (Phi) is 5.31. The minimum atomic E-state index is -0.0321. The molecule has 5 heteroatoms. The van der Waals surface area contributed by atoms with E-state index < -0.39 is 0 Å². The van der Waals surface area contributed by atoms with Crippen LogP contribution in [-0.2, 0) is 0 Å². The van der Waals surface area contributed by atoms with Crippen molar-refractivity contribution in [2.24, 2.45) is 5.73 Å². The Morgan fingerprint density at radius 2 is 1.94 bits per heavy atom. The Morgan fingerprint density at radius 3 is 2.41 bits per heavy atom. The first-order valence-electron chi connectivity index (χ1n) is 5.21. The summed E-state index contributed by atoms with van der Waals surface area (Å²) < 4.78 is 10.6. The fourth-order valence-electron chi connectivity index (χ4n) is 1.59. The molecule has 94 valence electrons. The third-order valence-electron chi connectivity index (χ3n) is 2.38. The summed E-state index contributed by atoms with van der Waals surface area (Å²) in [6.07, 6.45) is 2.25. The average molecular weight is 255 g/mol. The molecular formula is C12H17NO3S. The number of thioether (sulfide) groups is 1. The average Bonchev–Trinajstić information content (AvgIpc) is 2.36. The second kappa shape index (κ2) is 6.51. The summed E-state index contributed by atoms with van der Waals surface area (Å²) in [5, 5.41) is 0. The monoisotopic (exact) mass is 255 g/mol. The maximum absolute atomic E-state index is 11.9.